The minimum absolute atomic E-state index is 0.407. The van der Waals surface area contributed by atoms with Crippen LogP contribution in [0.2, 0.25) is 0 Å². The first-order chi connectivity index (χ1) is 8.15. The lowest BCUT2D eigenvalue weighted by molar-refractivity contribution is -0.142. The molecule has 0 aromatic heterocycles. The van der Waals surface area contributed by atoms with Gasteiger partial charge in [-0.2, -0.15) is 0 Å². The summed E-state index contributed by atoms with van der Waals surface area (Å²) in [5.74, 6) is -0.761. The van der Waals surface area contributed by atoms with E-state index in [1.165, 1.54) is 0 Å². The predicted molar refractivity (Wildman–Crippen MR) is 69.8 cm³/mol. The van der Waals surface area contributed by atoms with E-state index in [4.69, 9.17) is 5.11 Å². The van der Waals surface area contributed by atoms with Gasteiger partial charge >= 0.3 is 5.97 Å². The minimum atomic E-state index is -0.761. The number of hydrogen-bond donors (Lipinski definition) is 1. The van der Waals surface area contributed by atoms with Gasteiger partial charge in [0.15, 0.2) is 0 Å². The van der Waals surface area contributed by atoms with Crippen LogP contribution in [0.1, 0.15) is 18.9 Å². The van der Waals surface area contributed by atoms with E-state index in [0.29, 0.717) is 13.0 Å². The average Bonchev–Trinajstić information content (AvgIpc) is 2.30. The number of rotatable bonds is 6. The molecule has 0 aliphatic heterocycles. The monoisotopic (exact) mass is 233 g/mol. The van der Waals surface area contributed by atoms with Crippen LogP contribution >= 0.6 is 0 Å². The molecule has 0 aliphatic carbocycles. The highest BCUT2D eigenvalue weighted by Crippen LogP contribution is 2.04. The summed E-state index contributed by atoms with van der Waals surface area (Å²) >= 11 is 0. The van der Waals surface area contributed by atoms with Crippen molar-refractivity contribution in [3.8, 4) is 0 Å². The van der Waals surface area contributed by atoms with Gasteiger partial charge in [-0.25, -0.2) is 0 Å². The number of hydrogen-bond acceptors (Lipinski definition) is 2. The summed E-state index contributed by atoms with van der Waals surface area (Å²) in [6, 6.07) is 9.57. The fourth-order valence-corrected chi connectivity index (χ4v) is 1.72. The van der Waals surface area contributed by atoms with E-state index in [-0.39, 0.29) is 0 Å². The number of carboxylic acid groups (broad SMARTS) is 1. The molecule has 0 saturated heterocycles. The van der Waals surface area contributed by atoms with Crippen LogP contribution in [0.4, 0.5) is 0 Å². The summed E-state index contributed by atoms with van der Waals surface area (Å²) in [5.41, 5.74) is 1.13. The number of carbonyl (C=O) groups is 1. The highest BCUT2D eigenvalue weighted by Gasteiger charge is 2.18. The van der Waals surface area contributed by atoms with E-state index in [9.17, 15) is 4.79 Å². The van der Waals surface area contributed by atoms with Crippen molar-refractivity contribution in [2.75, 3.05) is 13.6 Å². The molecule has 1 aromatic rings. The molecule has 1 aromatic carbocycles. The second-order valence-corrected chi connectivity index (χ2v) is 4.01. The summed E-state index contributed by atoms with van der Waals surface area (Å²) in [4.78, 5) is 12.8. The zero-order valence-corrected chi connectivity index (χ0v) is 10.3. The van der Waals surface area contributed by atoms with Crippen LogP contribution in [0, 0.1) is 0 Å². The molecule has 0 heterocycles. The summed E-state index contributed by atoms with van der Waals surface area (Å²) in [5, 5.41) is 8.99. The van der Waals surface area contributed by atoms with Crippen LogP contribution in [-0.2, 0) is 4.79 Å². The molecule has 0 spiro atoms. The van der Waals surface area contributed by atoms with Crippen molar-refractivity contribution in [3.63, 3.8) is 0 Å². The molecular weight excluding hydrogens is 214 g/mol. The van der Waals surface area contributed by atoms with Gasteiger partial charge < -0.3 is 5.11 Å². The van der Waals surface area contributed by atoms with E-state index >= 15 is 0 Å². The smallest absolute Gasteiger partial charge is 0.320 e. The van der Waals surface area contributed by atoms with E-state index in [1.54, 1.807) is 0 Å². The quantitative estimate of drug-likeness (QED) is 0.820. The van der Waals surface area contributed by atoms with Crippen molar-refractivity contribution in [1.29, 1.82) is 0 Å². The number of nitrogens with zero attached hydrogens (tertiary/aromatic N) is 1. The lowest BCUT2D eigenvalue weighted by Gasteiger charge is -2.21. The van der Waals surface area contributed by atoms with Crippen LogP contribution < -0.4 is 0 Å². The Morgan fingerprint density at radius 3 is 2.59 bits per heavy atom. The van der Waals surface area contributed by atoms with Crippen LogP contribution in [0.25, 0.3) is 6.08 Å². The van der Waals surface area contributed by atoms with Crippen LogP contribution in [-0.4, -0.2) is 35.6 Å². The minimum Gasteiger partial charge on any atom is -0.480 e. The highest BCUT2D eigenvalue weighted by molar-refractivity contribution is 5.73. The molecule has 3 heteroatoms. The molecule has 0 radical (unpaired) electrons. The second kappa shape index (κ2) is 6.86. The molecule has 0 aliphatic rings. The second-order valence-electron chi connectivity index (χ2n) is 4.01. The summed E-state index contributed by atoms with van der Waals surface area (Å²) in [6.45, 7) is 2.52. The zero-order chi connectivity index (χ0) is 12.7. The van der Waals surface area contributed by atoms with E-state index in [2.05, 4.69) is 0 Å². The molecule has 0 saturated carbocycles. The molecule has 1 N–H and O–H groups in total. The first-order valence-corrected chi connectivity index (χ1v) is 5.79. The zero-order valence-electron chi connectivity index (χ0n) is 10.3. The van der Waals surface area contributed by atoms with Gasteiger partial charge in [0, 0.05) is 6.54 Å². The van der Waals surface area contributed by atoms with Crippen LogP contribution in [0.3, 0.4) is 0 Å². The Labute approximate surface area is 102 Å². The van der Waals surface area contributed by atoms with E-state index in [1.807, 2.05) is 61.4 Å². The Morgan fingerprint density at radius 2 is 2.06 bits per heavy atom. The maximum atomic E-state index is 10.9. The van der Waals surface area contributed by atoms with Crippen molar-refractivity contribution >= 4 is 12.0 Å². The van der Waals surface area contributed by atoms with Gasteiger partial charge in [0.25, 0.3) is 0 Å². The molecular formula is C14H19NO2. The SMILES string of the molecule is CCC(C(=O)O)N(C)CC=Cc1ccccc1. The standard InChI is InChI=1S/C14H19NO2/c1-3-13(14(16)17)15(2)11-7-10-12-8-5-4-6-9-12/h4-10,13H,3,11H2,1-2H3,(H,16,17). The fraction of sp³-hybridized carbons (Fsp3) is 0.357. The Hall–Kier alpha value is -1.61. The lowest BCUT2D eigenvalue weighted by Crippen LogP contribution is -2.37. The summed E-state index contributed by atoms with van der Waals surface area (Å²) < 4.78 is 0. The van der Waals surface area contributed by atoms with Crippen molar-refractivity contribution in [1.82, 2.24) is 4.90 Å². The van der Waals surface area contributed by atoms with Crippen LogP contribution in [0.15, 0.2) is 36.4 Å². The molecule has 0 fully saturated rings. The van der Waals surface area contributed by atoms with Crippen LogP contribution in [0.5, 0.6) is 0 Å². The average molecular weight is 233 g/mol. The van der Waals surface area contributed by atoms with Gasteiger partial charge in [-0.05, 0) is 19.0 Å². The molecule has 92 valence electrons. The van der Waals surface area contributed by atoms with Gasteiger partial charge in [-0.1, -0.05) is 49.4 Å². The van der Waals surface area contributed by atoms with Gasteiger partial charge in [0.1, 0.15) is 6.04 Å². The number of carboxylic acids is 1. The predicted octanol–water partition coefficient (Wildman–Crippen LogP) is 2.49. The van der Waals surface area contributed by atoms with E-state index < -0.39 is 12.0 Å². The molecule has 0 bridgehead atoms. The number of likely N-dealkylation sites (N-methyl/N-ethyl adjacent to an activating group) is 1. The maximum absolute atomic E-state index is 10.9. The molecule has 17 heavy (non-hydrogen) atoms. The van der Waals surface area contributed by atoms with Gasteiger partial charge in [0.05, 0.1) is 0 Å². The number of benzene rings is 1. The highest BCUT2D eigenvalue weighted by atomic mass is 16.4. The van der Waals surface area contributed by atoms with E-state index in [0.717, 1.165) is 5.56 Å². The molecule has 1 unspecified atom stereocenters. The van der Waals surface area contributed by atoms with Gasteiger partial charge in [-0.15, -0.1) is 0 Å². The Bertz CT molecular complexity index is 373. The summed E-state index contributed by atoms with van der Waals surface area (Å²) in [7, 11) is 1.83. The van der Waals surface area contributed by atoms with Crippen molar-refractivity contribution in [2.24, 2.45) is 0 Å². The molecule has 0 amide bonds. The molecule has 3 nitrogen and oxygen atoms in total. The first-order valence-electron chi connectivity index (χ1n) is 5.79. The molecule has 1 atom stereocenters. The van der Waals surface area contributed by atoms with Gasteiger partial charge in [-0.3, -0.25) is 9.69 Å². The third-order valence-electron chi connectivity index (χ3n) is 2.71. The third kappa shape index (κ3) is 4.41. The van der Waals surface area contributed by atoms with Crippen molar-refractivity contribution < 1.29 is 9.90 Å². The Morgan fingerprint density at radius 1 is 1.41 bits per heavy atom. The fourth-order valence-electron chi connectivity index (χ4n) is 1.72. The van der Waals surface area contributed by atoms with Crippen molar-refractivity contribution in [2.45, 2.75) is 19.4 Å². The topological polar surface area (TPSA) is 40.5 Å². The Balaban J connectivity index is 2.50. The third-order valence-corrected chi connectivity index (χ3v) is 2.71. The van der Waals surface area contributed by atoms with Crippen molar-refractivity contribution in [3.05, 3.63) is 42.0 Å². The molecule has 1 rings (SSSR count). The first kappa shape index (κ1) is 13.5. The normalized spacial score (nSPS) is 13.1. The largest absolute Gasteiger partial charge is 0.480 e. The number of aliphatic carboxylic acids is 1. The van der Waals surface area contributed by atoms with Gasteiger partial charge in [0.2, 0.25) is 0 Å². The maximum Gasteiger partial charge on any atom is 0.320 e. The lowest BCUT2D eigenvalue weighted by atomic mass is 10.2. The summed E-state index contributed by atoms with van der Waals surface area (Å²) in [6.07, 6.45) is 4.61. The Kier molecular flexibility index (Phi) is 5.43.